The third kappa shape index (κ3) is 3.58. The average Bonchev–Trinajstić information content (AvgIpc) is 2.33. The zero-order valence-corrected chi connectivity index (χ0v) is 11.0. The van der Waals surface area contributed by atoms with Gasteiger partial charge in [0.2, 0.25) is 0 Å². The predicted octanol–water partition coefficient (Wildman–Crippen LogP) is 4.10. The summed E-state index contributed by atoms with van der Waals surface area (Å²) in [7, 11) is 0. The van der Waals surface area contributed by atoms with Crippen molar-refractivity contribution in [1.29, 1.82) is 0 Å². The number of ketones is 1. The van der Waals surface area contributed by atoms with E-state index in [9.17, 15) is 9.90 Å². The minimum absolute atomic E-state index is 0.0441. The van der Waals surface area contributed by atoms with Crippen LogP contribution in [-0.2, 0) is 0 Å². The van der Waals surface area contributed by atoms with Crippen molar-refractivity contribution in [3.05, 3.63) is 29.3 Å². The Morgan fingerprint density at radius 3 is 2.65 bits per heavy atom. The van der Waals surface area contributed by atoms with Crippen molar-refractivity contribution in [2.24, 2.45) is 5.92 Å². The van der Waals surface area contributed by atoms with Crippen LogP contribution in [-0.4, -0.2) is 10.9 Å². The van der Waals surface area contributed by atoms with Crippen molar-refractivity contribution < 1.29 is 9.90 Å². The summed E-state index contributed by atoms with van der Waals surface area (Å²) in [4.78, 5) is 12.3. The van der Waals surface area contributed by atoms with Gasteiger partial charge in [-0.1, -0.05) is 38.3 Å². The molecule has 1 aromatic rings. The molecular formula is C15H22O2. The van der Waals surface area contributed by atoms with Gasteiger partial charge in [0.15, 0.2) is 5.78 Å². The maximum atomic E-state index is 12.3. The van der Waals surface area contributed by atoms with E-state index in [4.69, 9.17) is 0 Å². The molecule has 1 aromatic carbocycles. The molecule has 94 valence electrons. The van der Waals surface area contributed by atoms with E-state index in [1.807, 2.05) is 19.9 Å². The molecular weight excluding hydrogens is 212 g/mol. The first-order valence-corrected chi connectivity index (χ1v) is 6.44. The minimum atomic E-state index is 0.0441. The summed E-state index contributed by atoms with van der Waals surface area (Å²) in [5, 5.41) is 9.75. The molecule has 0 bridgehead atoms. The Kier molecular flexibility index (Phi) is 5.20. The molecule has 0 saturated heterocycles. The number of carbonyl (C=O) groups is 1. The van der Waals surface area contributed by atoms with Gasteiger partial charge in [0.25, 0.3) is 0 Å². The quantitative estimate of drug-likeness (QED) is 0.752. The van der Waals surface area contributed by atoms with Gasteiger partial charge in [-0.05, 0) is 31.9 Å². The zero-order chi connectivity index (χ0) is 12.8. The number of carbonyl (C=O) groups excluding carboxylic acids is 1. The lowest BCUT2D eigenvalue weighted by Gasteiger charge is -2.14. The molecule has 17 heavy (non-hydrogen) atoms. The Labute approximate surface area is 104 Å². The van der Waals surface area contributed by atoms with E-state index in [1.165, 1.54) is 0 Å². The summed E-state index contributed by atoms with van der Waals surface area (Å²) in [6.45, 7) is 6.09. The smallest absolute Gasteiger partial charge is 0.169 e. The lowest BCUT2D eigenvalue weighted by molar-refractivity contribution is 0.0905. The molecule has 1 rings (SSSR count). The number of benzene rings is 1. The Morgan fingerprint density at radius 2 is 2.06 bits per heavy atom. The first-order valence-electron chi connectivity index (χ1n) is 6.44. The third-order valence-corrected chi connectivity index (χ3v) is 3.19. The first kappa shape index (κ1) is 13.8. The number of unbranched alkanes of at least 4 members (excludes halogenated alkanes) is 1. The molecule has 0 unspecified atom stereocenters. The standard InChI is InChI=1S/C15H22O2/c1-4-6-7-12(5-2)15(17)13-10-11(3)8-9-14(13)16/h8-10,12,16H,4-7H2,1-3H3/t12-/m0/s1. The number of hydrogen-bond donors (Lipinski definition) is 1. The van der Waals surface area contributed by atoms with Gasteiger partial charge >= 0.3 is 0 Å². The summed E-state index contributed by atoms with van der Waals surface area (Å²) >= 11 is 0. The number of hydrogen-bond acceptors (Lipinski definition) is 2. The van der Waals surface area contributed by atoms with E-state index in [0.717, 1.165) is 31.2 Å². The van der Waals surface area contributed by atoms with Crippen LogP contribution in [0.1, 0.15) is 55.5 Å². The van der Waals surface area contributed by atoms with Gasteiger partial charge < -0.3 is 5.11 Å². The van der Waals surface area contributed by atoms with Gasteiger partial charge in [0.05, 0.1) is 5.56 Å². The van der Waals surface area contributed by atoms with Gasteiger partial charge in [-0.3, -0.25) is 4.79 Å². The van der Waals surface area contributed by atoms with Crippen LogP contribution in [0, 0.1) is 12.8 Å². The highest BCUT2D eigenvalue weighted by Gasteiger charge is 2.20. The Morgan fingerprint density at radius 1 is 1.35 bits per heavy atom. The second-order valence-corrected chi connectivity index (χ2v) is 4.63. The fourth-order valence-corrected chi connectivity index (χ4v) is 2.04. The SMILES string of the molecule is CCCC[C@H](CC)C(=O)c1cc(C)ccc1O. The molecule has 2 nitrogen and oxygen atoms in total. The molecule has 0 aliphatic heterocycles. The van der Waals surface area contributed by atoms with E-state index in [-0.39, 0.29) is 17.5 Å². The normalized spacial score (nSPS) is 12.4. The number of Topliss-reactive ketones (excluding diaryl/α,β-unsaturated/α-hetero) is 1. The topological polar surface area (TPSA) is 37.3 Å². The van der Waals surface area contributed by atoms with Crippen molar-refractivity contribution in [3.8, 4) is 5.75 Å². The minimum Gasteiger partial charge on any atom is -0.507 e. The molecule has 0 fully saturated rings. The fourth-order valence-electron chi connectivity index (χ4n) is 2.04. The molecule has 0 aliphatic rings. The van der Waals surface area contributed by atoms with Gasteiger partial charge in [-0.25, -0.2) is 0 Å². The van der Waals surface area contributed by atoms with Crippen LogP contribution in [0.3, 0.4) is 0 Å². The lowest BCUT2D eigenvalue weighted by Crippen LogP contribution is -2.14. The monoisotopic (exact) mass is 234 g/mol. The molecule has 0 aliphatic carbocycles. The lowest BCUT2D eigenvalue weighted by atomic mass is 9.90. The molecule has 0 amide bonds. The second-order valence-electron chi connectivity index (χ2n) is 4.63. The summed E-state index contributed by atoms with van der Waals surface area (Å²) in [5.41, 5.74) is 1.49. The van der Waals surface area contributed by atoms with E-state index in [0.29, 0.717) is 5.56 Å². The van der Waals surface area contributed by atoms with Gasteiger partial charge in [-0.2, -0.15) is 0 Å². The van der Waals surface area contributed by atoms with Crippen molar-refractivity contribution in [1.82, 2.24) is 0 Å². The molecule has 2 heteroatoms. The van der Waals surface area contributed by atoms with Crippen LogP contribution in [0.5, 0.6) is 5.75 Å². The van der Waals surface area contributed by atoms with Gasteiger partial charge in [-0.15, -0.1) is 0 Å². The maximum absolute atomic E-state index is 12.3. The van der Waals surface area contributed by atoms with Crippen molar-refractivity contribution in [2.75, 3.05) is 0 Å². The number of phenolic OH excluding ortho intramolecular Hbond substituents is 1. The molecule has 1 atom stereocenters. The summed E-state index contributed by atoms with van der Waals surface area (Å²) in [5.74, 6) is 0.236. The summed E-state index contributed by atoms with van der Waals surface area (Å²) in [6.07, 6.45) is 3.92. The fraction of sp³-hybridized carbons (Fsp3) is 0.533. The summed E-state index contributed by atoms with van der Waals surface area (Å²) < 4.78 is 0. The van der Waals surface area contributed by atoms with Crippen LogP contribution < -0.4 is 0 Å². The average molecular weight is 234 g/mol. The predicted molar refractivity (Wildman–Crippen MR) is 70.5 cm³/mol. The molecule has 0 aromatic heterocycles. The molecule has 0 heterocycles. The number of rotatable bonds is 6. The second kappa shape index (κ2) is 6.43. The van der Waals surface area contributed by atoms with E-state index in [2.05, 4.69) is 6.92 Å². The maximum Gasteiger partial charge on any atom is 0.169 e. The summed E-state index contributed by atoms with van der Waals surface area (Å²) in [6, 6.07) is 5.21. The van der Waals surface area contributed by atoms with Crippen molar-refractivity contribution in [2.45, 2.75) is 46.5 Å². The van der Waals surface area contributed by atoms with Crippen molar-refractivity contribution >= 4 is 5.78 Å². The molecule has 0 radical (unpaired) electrons. The van der Waals surface area contributed by atoms with Gasteiger partial charge in [0.1, 0.15) is 5.75 Å². The van der Waals surface area contributed by atoms with E-state index in [1.54, 1.807) is 12.1 Å². The van der Waals surface area contributed by atoms with E-state index >= 15 is 0 Å². The van der Waals surface area contributed by atoms with Crippen LogP contribution in [0.15, 0.2) is 18.2 Å². The Balaban J connectivity index is 2.89. The van der Waals surface area contributed by atoms with Crippen LogP contribution in [0.2, 0.25) is 0 Å². The highest BCUT2D eigenvalue weighted by Crippen LogP contribution is 2.25. The third-order valence-electron chi connectivity index (χ3n) is 3.19. The van der Waals surface area contributed by atoms with Crippen molar-refractivity contribution in [3.63, 3.8) is 0 Å². The largest absolute Gasteiger partial charge is 0.507 e. The van der Waals surface area contributed by atoms with Crippen LogP contribution in [0.25, 0.3) is 0 Å². The van der Waals surface area contributed by atoms with Crippen LogP contribution >= 0.6 is 0 Å². The number of phenols is 1. The Bertz CT molecular complexity index is 383. The van der Waals surface area contributed by atoms with Crippen LogP contribution in [0.4, 0.5) is 0 Å². The molecule has 0 spiro atoms. The van der Waals surface area contributed by atoms with Gasteiger partial charge in [0, 0.05) is 5.92 Å². The number of aromatic hydroxyl groups is 1. The zero-order valence-electron chi connectivity index (χ0n) is 11.0. The van der Waals surface area contributed by atoms with E-state index < -0.39 is 0 Å². The molecule has 0 saturated carbocycles. The Hall–Kier alpha value is -1.31. The number of aryl methyl sites for hydroxylation is 1. The highest BCUT2D eigenvalue weighted by atomic mass is 16.3. The first-order chi connectivity index (χ1) is 8.10. The molecule has 1 N–H and O–H groups in total. The highest BCUT2D eigenvalue weighted by molar-refractivity contribution is 6.00.